The number of hydrogen-bond acceptors (Lipinski definition) is 3. The van der Waals surface area contributed by atoms with Gasteiger partial charge in [-0.2, -0.15) is 0 Å². The smallest absolute Gasteiger partial charge is 0.193 e. The van der Waals surface area contributed by atoms with Gasteiger partial charge >= 0.3 is 0 Å². The first kappa shape index (κ1) is 14.8. The highest BCUT2D eigenvalue weighted by atomic mass is 79.9. The first-order valence-corrected chi connectivity index (χ1v) is 8.83. The van der Waals surface area contributed by atoms with E-state index in [0.29, 0.717) is 6.04 Å². The highest BCUT2D eigenvalue weighted by Gasteiger charge is 2.14. The van der Waals surface area contributed by atoms with Crippen LogP contribution in [-0.4, -0.2) is 15.9 Å². The number of halogens is 1. The molecule has 1 atom stereocenters. The fraction of sp³-hybridized carbons (Fsp3) is 0.312. The van der Waals surface area contributed by atoms with E-state index < -0.39 is 0 Å². The number of hydrogen-bond donors (Lipinski definition) is 1. The van der Waals surface area contributed by atoms with Gasteiger partial charge in [-0.05, 0) is 30.7 Å². The van der Waals surface area contributed by atoms with Gasteiger partial charge in [-0.1, -0.05) is 35.0 Å². The lowest BCUT2D eigenvalue weighted by molar-refractivity contribution is 0.525. The largest absolute Gasteiger partial charge is 0.310 e. The second kappa shape index (κ2) is 6.73. The third-order valence-electron chi connectivity index (χ3n) is 3.45. The monoisotopic (exact) mass is 363 g/mol. The molecule has 21 heavy (non-hydrogen) atoms. The lowest BCUT2D eigenvalue weighted by Gasteiger charge is -2.18. The maximum atomic E-state index is 4.70. The topological polar surface area (TPSA) is 29.3 Å². The van der Waals surface area contributed by atoms with Crippen LogP contribution in [0.4, 0.5) is 0 Å². The Morgan fingerprint density at radius 2 is 2.33 bits per heavy atom. The minimum Gasteiger partial charge on any atom is -0.310 e. The number of fused-ring (bicyclic) bond motifs is 1. The summed E-state index contributed by atoms with van der Waals surface area (Å²) in [5, 5.41) is 5.69. The third-order valence-corrected chi connectivity index (χ3v) is 4.71. The van der Waals surface area contributed by atoms with E-state index in [2.05, 4.69) is 74.6 Å². The molecule has 5 heteroatoms. The molecule has 110 valence electrons. The Bertz CT molecular complexity index is 690. The van der Waals surface area contributed by atoms with Crippen molar-refractivity contribution in [2.75, 3.05) is 6.54 Å². The molecule has 3 aromatic rings. The molecule has 0 spiro atoms. The Labute approximate surface area is 137 Å². The number of aromatic nitrogens is 2. The van der Waals surface area contributed by atoms with Gasteiger partial charge in [-0.15, -0.1) is 11.3 Å². The fourth-order valence-corrected chi connectivity index (χ4v) is 3.57. The molecule has 0 aliphatic carbocycles. The summed E-state index contributed by atoms with van der Waals surface area (Å²) in [5.74, 6) is 0. The predicted molar refractivity (Wildman–Crippen MR) is 91.9 cm³/mol. The maximum absolute atomic E-state index is 4.70. The minimum atomic E-state index is 0.298. The fourth-order valence-electron chi connectivity index (χ4n) is 2.43. The molecule has 0 radical (unpaired) electrons. The molecule has 0 saturated carbocycles. The molecule has 1 N–H and O–H groups in total. The first-order valence-electron chi connectivity index (χ1n) is 7.16. The Morgan fingerprint density at radius 3 is 3.10 bits per heavy atom. The summed E-state index contributed by atoms with van der Waals surface area (Å²) < 4.78 is 3.21. The van der Waals surface area contributed by atoms with Gasteiger partial charge in [0.05, 0.1) is 5.69 Å². The summed E-state index contributed by atoms with van der Waals surface area (Å²) >= 11 is 5.24. The van der Waals surface area contributed by atoms with Gasteiger partial charge in [-0.3, -0.25) is 4.40 Å². The van der Waals surface area contributed by atoms with E-state index in [1.807, 2.05) is 0 Å². The molecule has 1 unspecified atom stereocenters. The SMILES string of the molecule is CCCNC(Cc1cn2ccsc2n1)c1cccc(Br)c1. The molecule has 0 amide bonds. The molecule has 0 aliphatic heterocycles. The number of imidazole rings is 1. The highest BCUT2D eigenvalue weighted by Crippen LogP contribution is 2.22. The first-order chi connectivity index (χ1) is 10.3. The van der Waals surface area contributed by atoms with E-state index >= 15 is 0 Å². The van der Waals surface area contributed by atoms with Gasteiger partial charge in [0.2, 0.25) is 0 Å². The number of rotatable bonds is 6. The van der Waals surface area contributed by atoms with Gasteiger partial charge in [0, 0.05) is 34.7 Å². The molecule has 3 rings (SSSR count). The van der Waals surface area contributed by atoms with Crippen molar-refractivity contribution in [3.63, 3.8) is 0 Å². The second-order valence-corrected chi connectivity index (χ2v) is 6.88. The van der Waals surface area contributed by atoms with Gasteiger partial charge < -0.3 is 5.32 Å². The maximum Gasteiger partial charge on any atom is 0.193 e. The van der Waals surface area contributed by atoms with Crippen molar-refractivity contribution >= 4 is 32.2 Å². The third kappa shape index (κ3) is 3.54. The number of nitrogens with one attached hydrogen (secondary N) is 1. The zero-order valence-electron chi connectivity index (χ0n) is 11.9. The van der Waals surface area contributed by atoms with Crippen LogP contribution >= 0.6 is 27.3 Å². The summed E-state index contributed by atoms with van der Waals surface area (Å²) in [4.78, 5) is 5.76. The molecular formula is C16H18BrN3S. The van der Waals surface area contributed by atoms with Crippen molar-refractivity contribution in [2.24, 2.45) is 0 Å². The van der Waals surface area contributed by atoms with Crippen LogP contribution in [0.1, 0.15) is 30.6 Å². The number of benzene rings is 1. The Balaban J connectivity index is 1.83. The molecule has 0 saturated heterocycles. The Morgan fingerprint density at radius 1 is 1.43 bits per heavy atom. The van der Waals surface area contributed by atoms with E-state index in [-0.39, 0.29) is 0 Å². The molecular weight excluding hydrogens is 346 g/mol. The predicted octanol–water partition coefficient (Wildman–Crippen LogP) is 4.44. The van der Waals surface area contributed by atoms with Crippen LogP contribution in [-0.2, 0) is 6.42 Å². The number of thiazole rings is 1. The van der Waals surface area contributed by atoms with E-state index in [0.717, 1.165) is 34.5 Å². The van der Waals surface area contributed by atoms with Crippen molar-refractivity contribution < 1.29 is 0 Å². The van der Waals surface area contributed by atoms with Crippen LogP contribution in [0, 0.1) is 0 Å². The zero-order valence-corrected chi connectivity index (χ0v) is 14.3. The average Bonchev–Trinajstić information content (AvgIpc) is 3.04. The average molecular weight is 364 g/mol. The molecule has 2 heterocycles. The lowest BCUT2D eigenvalue weighted by atomic mass is 10.0. The Kier molecular flexibility index (Phi) is 4.73. The summed E-state index contributed by atoms with van der Waals surface area (Å²) in [6.07, 6.45) is 6.22. The number of nitrogens with zero attached hydrogens (tertiary/aromatic N) is 2. The van der Waals surface area contributed by atoms with Crippen LogP contribution in [0.5, 0.6) is 0 Å². The van der Waals surface area contributed by atoms with E-state index in [9.17, 15) is 0 Å². The van der Waals surface area contributed by atoms with Crippen molar-refractivity contribution in [1.82, 2.24) is 14.7 Å². The van der Waals surface area contributed by atoms with Gasteiger partial charge in [0.1, 0.15) is 0 Å². The molecule has 1 aromatic carbocycles. The van der Waals surface area contributed by atoms with Crippen molar-refractivity contribution in [3.05, 3.63) is 57.8 Å². The van der Waals surface area contributed by atoms with Crippen LogP contribution in [0.3, 0.4) is 0 Å². The molecule has 2 aromatic heterocycles. The molecule has 0 bridgehead atoms. The second-order valence-electron chi connectivity index (χ2n) is 5.09. The van der Waals surface area contributed by atoms with E-state index in [4.69, 9.17) is 4.98 Å². The van der Waals surface area contributed by atoms with Crippen LogP contribution < -0.4 is 5.32 Å². The van der Waals surface area contributed by atoms with Crippen LogP contribution in [0.2, 0.25) is 0 Å². The van der Waals surface area contributed by atoms with Crippen LogP contribution in [0.25, 0.3) is 4.96 Å². The van der Waals surface area contributed by atoms with Crippen molar-refractivity contribution in [2.45, 2.75) is 25.8 Å². The van der Waals surface area contributed by atoms with Gasteiger partial charge in [0.15, 0.2) is 4.96 Å². The molecule has 0 fully saturated rings. The highest BCUT2D eigenvalue weighted by molar-refractivity contribution is 9.10. The minimum absolute atomic E-state index is 0.298. The van der Waals surface area contributed by atoms with E-state index in [1.165, 1.54) is 5.56 Å². The summed E-state index contributed by atoms with van der Waals surface area (Å²) in [6.45, 7) is 3.21. The van der Waals surface area contributed by atoms with Gasteiger partial charge in [0.25, 0.3) is 0 Å². The van der Waals surface area contributed by atoms with Gasteiger partial charge in [-0.25, -0.2) is 4.98 Å². The normalized spacial score (nSPS) is 12.9. The van der Waals surface area contributed by atoms with Crippen molar-refractivity contribution in [3.8, 4) is 0 Å². The summed E-state index contributed by atoms with van der Waals surface area (Å²) in [6, 6.07) is 8.81. The quantitative estimate of drug-likeness (QED) is 0.701. The Hall–Kier alpha value is -1.17. The van der Waals surface area contributed by atoms with Crippen molar-refractivity contribution in [1.29, 1.82) is 0 Å². The lowest BCUT2D eigenvalue weighted by Crippen LogP contribution is -2.24. The molecule has 3 nitrogen and oxygen atoms in total. The summed E-state index contributed by atoms with van der Waals surface area (Å²) in [5.41, 5.74) is 2.43. The summed E-state index contributed by atoms with van der Waals surface area (Å²) in [7, 11) is 0. The van der Waals surface area contributed by atoms with E-state index in [1.54, 1.807) is 11.3 Å². The van der Waals surface area contributed by atoms with Crippen LogP contribution in [0.15, 0.2) is 46.5 Å². The zero-order chi connectivity index (χ0) is 14.7. The standard InChI is InChI=1S/C16H18BrN3S/c1-2-6-18-15(12-4-3-5-13(17)9-12)10-14-11-20-7-8-21-16(20)19-14/h3-5,7-9,11,15,18H,2,6,10H2,1H3. The molecule has 0 aliphatic rings.